The molecule has 0 radical (unpaired) electrons. The maximum absolute atomic E-state index is 11.8. The maximum atomic E-state index is 11.8. The number of rotatable bonds is 5. The van der Waals surface area contributed by atoms with Crippen LogP contribution in [0.3, 0.4) is 0 Å². The predicted octanol–water partition coefficient (Wildman–Crippen LogP) is 0.491. The van der Waals surface area contributed by atoms with E-state index >= 15 is 0 Å². The van der Waals surface area contributed by atoms with Crippen LogP contribution in [0, 0.1) is 0 Å². The Balaban J connectivity index is 2.71. The SMILES string of the molecule is CCNC(=O)CNC(=O)c1cc(Cl)ccc1NN. The molecule has 1 aromatic rings. The van der Waals surface area contributed by atoms with Gasteiger partial charge in [0.25, 0.3) is 5.91 Å². The number of hydrogen-bond acceptors (Lipinski definition) is 4. The number of benzene rings is 1. The largest absolute Gasteiger partial charge is 0.355 e. The number of likely N-dealkylation sites (N-methyl/N-ethyl adjacent to an activating group) is 1. The van der Waals surface area contributed by atoms with Gasteiger partial charge >= 0.3 is 0 Å². The van der Waals surface area contributed by atoms with E-state index in [1.165, 1.54) is 6.07 Å². The molecule has 5 N–H and O–H groups in total. The lowest BCUT2D eigenvalue weighted by Gasteiger charge is -2.10. The molecule has 7 heteroatoms. The summed E-state index contributed by atoms with van der Waals surface area (Å²) in [5, 5.41) is 5.47. The van der Waals surface area contributed by atoms with E-state index in [2.05, 4.69) is 16.1 Å². The molecule has 0 bridgehead atoms. The molecule has 0 unspecified atom stereocenters. The zero-order valence-corrected chi connectivity index (χ0v) is 10.7. The van der Waals surface area contributed by atoms with Crippen molar-refractivity contribution in [1.82, 2.24) is 10.6 Å². The Labute approximate surface area is 110 Å². The van der Waals surface area contributed by atoms with Gasteiger partial charge in [0.05, 0.1) is 17.8 Å². The van der Waals surface area contributed by atoms with Gasteiger partial charge in [-0.15, -0.1) is 0 Å². The number of nitrogen functional groups attached to an aromatic ring is 1. The van der Waals surface area contributed by atoms with Crippen LogP contribution < -0.4 is 21.9 Å². The zero-order chi connectivity index (χ0) is 13.5. The van der Waals surface area contributed by atoms with Gasteiger partial charge in [-0.1, -0.05) is 11.6 Å². The molecule has 0 heterocycles. The van der Waals surface area contributed by atoms with Gasteiger partial charge in [0.2, 0.25) is 5.91 Å². The Bertz CT molecular complexity index is 451. The number of amides is 2. The third kappa shape index (κ3) is 3.90. The van der Waals surface area contributed by atoms with Crippen LogP contribution >= 0.6 is 11.6 Å². The minimum Gasteiger partial charge on any atom is -0.355 e. The summed E-state index contributed by atoms with van der Waals surface area (Å²) in [6, 6.07) is 4.67. The lowest BCUT2D eigenvalue weighted by atomic mass is 10.1. The normalized spacial score (nSPS) is 9.72. The summed E-state index contributed by atoms with van der Waals surface area (Å²) in [4.78, 5) is 23.0. The predicted molar refractivity (Wildman–Crippen MR) is 70.3 cm³/mol. The number of nitrogens with two attached hydrogens (primary N) is 1. The number of hydrogen-bond donors (Lipinski definition) is 4. The van der Waals surface area contributed by atoms with Crippen molar-refractivity contribution in [2.24, 2.45) is 5.84 Å². The molecule has 1 rings (SSSR count). The number of halogens is 1. The van der Waals surface area contributed by atoms with Crippen LogP contribution in [0.5, 0.6) is 0 Å². The molecule has 0 saturated carbocycles. The molecule has 6 nitrogen and oxygen atoms in total. The van der Waals surface area contributed by atoms with Gasteiger partial charge in [-0.25, -0.2) is 0 Å². The van der Waals surface area contributed by atoms with Gasteiger partial charge in [0.15, 0.2) is 0 Å². The first kappa shape index (κ1) is 14.3. The molecule has 0 saturated heterocycles. The summed E-state index contributed by atoms with van der Waals surface area (Å²) in [7, 11) is 0. The van der Waals surface area contributed by atoms with Crippen LogP contribution in [-0.2, 0) is 4.79 Å². The average Bonchev–Trinajstić information content (AvgIpc) is 2.36. The maximum Gasteiger partial charge on any atom is 0.253 e. The van der Waals surface area contributed by atoms with Crippen molar-refractivity contribution < 1.29 is 9.59 Å². The molecule has 2 amide bonds. The van der Waals surface area contributed by atoms with Crippen LogP contribution in [0.1, 0.15) is 17.3 Å². The van der Waals surface area contributed by atoms with E-state index in [1.807, 2.05) is 0 Å². The summed E-state index contributed by atoms with van der Waals surface area (Å²) in [6.07, 6.45) is 0. The topological polar surface area (TPSA) is 96.2 Å². The first-order chi connectivity index (χ1) is 8.58. The van der Waals surface area contributed by atoms with Crippen LogP contribution in [0.4, 0.5) is 5.69 Å². The third-order valence-electron chi connectivity index (χ3n) is 2.17. The van der Waals surface area contributed by atoms with Gasteiger partial charge in [-0.3, -0.25) is 15.4 Å². The lowest BCUT2D eigenvalue weighted by molar-refractivity contribution is -0.120. The van der Waals surface area contributed by atoms with E-state index in [9.17, 15) is 9.59 Å². The number of nitrogens with one attached hydrogen (secondary N) is 3. The van der Waals surface area contributed by atoms with Gasteiger partial charge < -0.3 is 16.1 Å². The highest BCUT2D eigenvalue weighted by Gasteiger charge is 2.12. The van der Waals surface area contributed by atoms with Gasteiger partial charge in [-0.05, 0) is 25.1 Å². The summed E-state index contributed by atoms with van der Waals surface area (Å²) < 4.78 is 0. The molecular formula is C11H15ClN4O2. The van der Waals surface area contributed by atoms with E-state index in [0.29, 0.717) is 17.3 Å². The Hall–Kier alpha value is -1.79. The highest BCUT2D eigenvalue weighted by Crippen LogP contribution is 2.19. The lowest BCUT2D eigenvalue weighted by Crippen LogP contribution is -2.37. The second-order valence-corrected chi connectivity index (χ2v) is 3.91. The fraction of sp³-hybridized carbons (Fsp3) is 0.273. The van der Waals surface area contributed by atoms with Crippen molar-refractivity contribution in [3.63, 3.8) is 0 Å². The fourth-order valence-corrected chi connectivity index (χ4v) is 1.52. The minimum atomic E-state index is -0.420. The van der Waals surface area contributed by atoms with Gasteiger partial charge in [-0.2, -0.15) is 0 Å². The highest BCUT2D eigenvalue weighted by molar-refractivity contribution is 6.31. The number of carbonyl (C=O) groups is 2. The van der Waals surface area contributed by atoms with Crippen molar-refractivity contribution in [3.05, 3.63) is 28.8 Å². The molecule has 1 aromatic carbocycles. The quantitative estimate of drug-likeness (QED) is 0.462. The van der Waals surface area contributed by atoms with Crippen LogP contribution in [0.15, 0.2) is 18.2 Å². The minimum absolute atomic E-state index is 0.0940. The second-order valence-electron chi connectivity index (χ2n) is 3.47. The monoisotopic (exact) mass is 270 g/mol. The van der Waals surface area contributed by atoms with Crippen LogP contribution in [-0.4, -0.2) is 24.9 Å². The van der Waals surface area contributed by atoms with Crippen LogP contribution in [0.2, 0.25) is 5.02 Å². The molecule has 0 spiro atoms. The van der Waals surface area contributed by atoms with E-state index < -0.39 is 5.91 Å². The Morgan fingerprint density at radius 3 is 2.67 bits per heavy atom. The summed E-state index contributed by atoms with van der Waals surface area (Å²) >= 11 is 5.80. The summed E-state index contributed by atoms with van der Waals surface area (Å²) in [5.74, 6) is 4.62. The first-order valence-corrected chi connectivity index (χ1v) is 5.77. The number of hydrazine groups is 1. The average molecular weight is 271 g/mol. The molecule has 0 atom stereocenters. The third-order valence-corrected chi connectivity index (χ3v) is 2.40. The van der Waals surface area contributed by atoms with E-state index in [-0.39, 0.29) is 18.0 Å². The molecule has 0 aliphatic rings. The fourth-order valence-electron chi connectivity index (χ4n) is 1.35. The molecule has 0 fully saturated rings. The Morgan fingerprint density at radius 1 is 1.33 bits per heavy atom. The standard InChI is InChI=1S/C11H15ClN4O2/c1-2-14-10(17)6-15-11(18)8-5-7(12)3-4-9(8)16-13/h3-5,16H,2,6,13H2,1H3,(H,14,17)(H,15,18). The van der Waals surface area contributed by atoms with Crippen molar-refractivity contribution in [2.75, 3.05) is 18.5 Å². The van der Waals surface area contributed by atoms with Gasteiger partial charge in [0.1, 0.15) is 0 Å². The smallest absolute Gasteiger partial charge is 0.253 e. The van der Waals surface area contributed by atoms with Gasteiger partial charge in [0, 0.05) is 11.6 Å². The molecule has 0 aliphatic carbocycles. The molecule has 98 valence electrons. The molecule has 0 aliphatic heterocycles. The van der Waals surface area contributed by atoms with Crippen molar-refractivity contribution >= 4 is 29.1 Å². The van der Waals surface area contributed by atoms with E-state index in [4.69, 9.17) is 17.4 Å². The highest BCUT2D eigenvalue weighted by atomic mass is 35.5. The Morgan fingerprint density at radius 2 is 2.06 bits per heavy atom. The second kappa shape index (κ2) is 6.83. The Kier molecular flexibility index (Phi) is 5.41. The van der Waals surface area contributed by atoms with Crippen molar-refractivity contribution in [1.29, 1.82) is 0 Å². The van der Waals surface area contributed by atoms with Crippen LogP contribution in [0.25, 0.3) is 0 Å². The number of carbonyl (C=O) groups excluding carboxylic acids is 2. The molecule has 0 aromatic heterocycles. The first-order valence-electron chi connectivity index (χ1n) is 5.39. The van der Waals surface area contributed by atoms with Crippen molar-refractivity contribution in [2.45, 2.75) is 6.92 Å². The number of anilines is 1. The van der Waals surface area contributed by atoms with E-state index in [0.717, 1.165) is 0 Å². The molecule has 18 heavy (non-hydrogen) atoms. The molecular weight excluding hydrogens is 256 g/mol. The summed E-state index contributed by atoms with van der Waals surface area (Å²) in [6.45, 7) is 2.22. The van der Waals surface area contributed by atoms with E-state index in [1.54, 1.807) is 19.1 Å². The summed E-state index contributed by atoms with van der Waals surface area (Å²) in [5.41, 5.74) is 3.12. The van der Waals surface area contributed by atoms with Crippen molar-refractivity contribution in [3.8, 4) is 0 Å². The zero-order valence-electron chi connectivity index (χ0n) is 9.92.